The van der Waals surface area contributed by atoms with Gasteiger partial charge in [0.1, 0.15) is 0 Å². The number of nitro groups is 1. The number of nitro benzene ring substituents is 1. The summed E-state index contributed by atoms with van der Waals surface area (Å²) in [6.45, 7) is 0. The number of hydrogen-bond donors (Lipinski definition) is 1. The minimum absolute atomic E-state index is 0.0796. The Morgan fingerprint density at radius 3 is 2.48 bits per heavy atom. The van der Waals surface area contributed by atoms with Crippen molar-refractivity contribution >= 4 is 58.0 Å². The van der Waals surface area contributed by atoms with Crippen LogP contribution in [0.3, 0.4) is 0 Å². The van der Waals surface area contributed by atoms with Crippen molar-refractivity contribution in [3.8, 4) is 0 Å². The summed E-state index contributed by atoms with van der Waals surface area (Å²) in [7, 11) is 0. The van der Waals surface area contributed by atoms with E-state index in [-0.39, 0.29) is 10.6 Å². The van der Waals surface area contributed by atoms with Gasteiger partial charge in [0.25, 0.3) is 16.8 Å². The highest BCUT2D eigenvalue weighted by atomic mass is 35.5. The van der Waals surface area contributed by atoms with Crippen LogP contribution in [0.5, 0.6) is 0 Å². The summed E-state index contributed by atoms with van der Waals surface area (Å²) in [6, 6.07) is 11.6. The van der Waals surface area contributed by atoms with Crippen LogP contribution in [0.1, 0.15) is 5.56 Å². The Kier molecular flexibility index (Phi) is 5.12. The maximum Gasteiger partial charge on any atom is 0.290 e. The Bertz CT molecular complexity index is 913. The van der Waals surface area contributed by atoms with Crippen LogP contribution in [-0.4, -0.2) is 16.1 Å². The number of halogens is 1. The number of nitrogens with zero attached hydrogens (tertiary/aromatic N) is 1. The van der Waals surface area contributed by atoms with E-state index >= 15 is 0 Å². The van der Waals surface area contributed by atoms with Gasteiger partial charge in [0, 0.05) is 16.0 Å². The highest BCUT2D eigenvalue weighted by Gasteiger charge is 2.25. The molecule has 0 atom stereocenters. The maximum absolute atomic E-state index is 11.6. The Hall–Kier alpha value is -2.29. The standard InChI is InChI=1S/C16H9ClN2O4S2/c17-10-2-4-11(5-3-10)24-13-6-1-9(7-12(13)19(22)23)8-14-15(20)18-16(21)25-14/h1-8H,(H,18,20,21)/b14-8-. The molecule has 2 amide bonds. The van der Waals surface area contributed by atoms with Gasteiger partial charge in [-0.15, -0.1) is 0 Å². The predicted octanol–water partition coefficient (Wildman–Crippen LogP) is 4.72. The Labute approximate surface area is 155 Å². The van der Waals surface area contributed by atoms with E-state index in [0.29, 0.717) is 15.5 Å². The highest BCUT2D eigenvalue weighted by Crippen LogP contribution is 2.36. The topological polar surface area (TPSA) is 89.3 Å². The molecule has 0 radical (unpaired) electrons. The van der Waals surface area contributed by atoms with Gasteiger partial charge in [-0.05, 0) is 53.7 Å². The maximum atomic E-state index is 11.6. The van der Waals surface area contributed by atoms with Crippen molar-refractivity contribution < 1.29 is 14.5 Å². The van der Waals surface area contributed by atoms with Gasteiger partial charge in [0.15, 0.2) is 0 Å². The number of imide groups is 1. The van der Waals surface area contributed by atoms with Gasteiger partial charge < -0.3 is 0 Å². The van der Waals surface area contributed by atoms with Crippen molar-refractivity contribution in [3.63, 3.8) is 0 Å². The molecule has 2 aromatic rings. The molecule has 1 heterocycles. The van der Waals surface area contributed by atoms with Crippen molar-refractivity contribution in [1.29, 1.82) is 0 Å². The van der Waals surface area contributed by atoms with E-state index in [2.05, 4.69) is 5.32 Å². The average Bonchev–Trinajstić information content (AvgIpc) is 2.88. The lowest BCUT2D eigenvalue weighted by Gasteiger charge is -2.05. The third-order valence-electron chi connectivity index (χ3n) is 3.16. The molecule has 0 aromatic heterocycles. The summed E-state index contributed by atoms with van der Waals surface area (Å²) in [5.74, 6) is -0.503. The molecule has 1 saturated heterocycles. The second-order valence-electron chi connectivity index (χ2n) is 4.89. The van der Waals surface area contributed by atoms with Crippen molar-refractivity contribution in [2.45, 2.75) is 9.79 Å². The Balaban J connectivity index is 1.92. The predicted molar refractivity (Wildman–Crippen MR) is 97.8 cm³/mol. The smallest absolute Gasteiger partial charge is 0.282 e. The van der Waals surface area contributed by atoms with Gasteiger partial charge in [-0.25, -0.2) is 0 Å². The number of nitrogens with one attached hydrogen (secondary N) is 1. The molecular weight excluding hydrogens is 384 g/mol. The van der Waals surface area contributed by atoms with E-state index in [4.69, 9.17) is 11.6 Å². The quantitative estimate of drug-likeness (QED) is 0.460. The third-order valence-corrected chi connectivity index (χ3v) is 5.30. The largest absolute Gasteiger partial charge is 0.290 e. The van der Waals surface area contributed by atoms with Crippen molar-refractivity contribution in [3.05, 3.63) is 68.1 Å². The fourth-order valence-electron chi connectivity index (χ4n) is 2.06. The molecule has 0 unspecified atom stereocenters. The molecule has 0 bridgehead atoms. The third kappa shape index (κ3) is 4.22. The van der Waals surface area contributed by atoms with Crippen molar-refractivity contribution in [1.82, 2.24) is 5.32 Å². The first-order valence-corrected chi connectivity index (χ1v) is 8.90. The number of amides is 2. The van der Waals surface area contributed by atoms with Crippen LogP contribution in [0.4, 0.5) is 10.5 Å². The summed E-state index contributed by atoms with van der Waals surface area (Å²) >= 11 is 7.85. The molecule has 1 aliphatic rings. The number of thioether (sulfide) groups is 1. The van der Waals surface area contributed by atoms with Crippen molar-refractivity contribution in [2.24, 2.45) is 0 Å². The number of carbonyl (C=O) groups is 2. The van der Waals surface area contributed by atoms with E-state index in [0.717, 1.165) is 16.7 Å². The molecule has 1 N–H and O–H groups in total. The summed E-state index contributed by atoms with van der Waals surface area (Å²) in [5, 5.41) is 13.7. The van der Waals surface area contributed by atoms with Crippen LogP contribution in [0.15, 0.2) is 57.2 Å². The second-order valence-corrected chi connectivity index (χ2v) is 7.46. The molecule has 0 aliphatic carbocycles. The number of hydrogen-bond acceptors (Lipinski definition) is 6. The summed E-state index contributed by atoms with van der Waals surface area (Å²) in [6.07, 6.45) is 1.45. The van der Waals surface area contributed by atoms with E-state index in [1.165, 1.54) is 23.9 Å². The normalized spacial score (nSPS) is 15.5. The van der Waals surface area contributed by atoms with Gasteiger partial charge >= 0.3 is 0 Å². The zero-order chi connectivity index (χ0) is 18.0. The summed E-state index contributed by atoms with van der Waals surface area (Å²) < 4.78 is 0. The molecule has 6 nitrogen and oxygen atoms in total. The van der Waals surface area contributed by atoms with E-state index in [9.17, 15) is 19.7 Å². The van der Waals surface area contributed by atoms with Crippen LogP contribution in [-0.2, 0) is 4.79 Å². The summed E-state index contributed by atoms with van der Waals surface area (Å²) in [5.41, 5.74) is 0.392. The molecule has 25 heavy (non-hydrogen) atoms. The molecule has 1 fully saturated rings. The molecule has 0 spiro atoms. The fraction of sp³-hybridized carbons (Fsp3) is 0. The number of carbonyl (C=O) groups excluding carboxylic acids is 2. The van der Waals surface area contributed by atoms with Crippen molar-refractivity contribution in [2.75, 3.05) is 0 Å². The Morgan fingerprint density at radius 1 is 1.16 bits per heavy atom. The number of rotatable bonds is 4. The molecule has 1 aliphatic heterocycles. The number of benzene rings is 2. The lowest BCUT2D eigenvalue weighted by molar-refractivity contribution is -0.387. The minimum Gasteiger partial charge on any atom is -0.282 e. The fourth-order valence-corrected chi connectivity index (χ4v) is 3.76. The summed E-state index contributed by atoms with van der Waals surface area (Å²) in [4.78, 5) is 35.1. The minimum atomic E-state index is -0.503. The van der Waals surface area contributed by atoms with Crippen LogP contribution in [0.2, 0.25) is 5.02 Å². The molecule has 2 aromatic carbocycles. The zero-order valence-corrected chi connectivity index (χ0v) is 14.8. The molecule has 3 rings (SSSR count). The first-order chi connectivity index (χ1) is 11.9. The van der Waals surface area contributed by atoms with Crippen LogP contribution in [0, 0.1) is 10.1 Å². The van der Waals surface area contributed by atoms with E-state index in [1.807, 2.05) is 0 Å². The Morgan fingerprint density at radius 2 is 1.88 bits per heavy atom. The second kappa shape index (κ2) is 7.30. The first-order valence-electron chi connectivity index (χ1n) is 6.89. The van der Waals surface area contributed by atoms with Crippen LogP contribution in [0.25, 0.3) is 6.08 Å². The van der Waals surface area contributed by atoms with Crippen LogP contribution >= 0.6 is 35.1 Å². The highest BCUT2D eigenvalue weighted by molar-refractivity contribution is 8.18. The lowest BCUT2D eigenvalue weighted by Crippen LogP contribution is -2.17. The van der Waals surface area contributed by atoms with E-state index in [1.54, 1.807) is 36.4 Å². The molecule has 126 valence electrons. The van der Waals surface area contributed by atoms with Crippen LogP contribution < -0.4 is 5.32 Å². The lowest BCUT2D eigenvalue weighted by atomic mass is 10.2. The average molecular weight is 393 g/mol. The zero-order valence-electron chi connectivity index (χ0n) is 12.4. The van der Waals surface area contributed by atoms with Gasteiger partial charge in [-0.3, -0.25) is 25.0 Å². The first kappa shape index (κ1) is 17.5. The van der Waals surface area contributed by atoms with Gasteiger partial charge in [0.2, 0.25) is 0 Å². The molecule has 0 saturated carbocycles. The SMILES string of the molecule is O=C1NC(=O)/C(=C/c2ccc(Sc3ccc(Cl)cc3)c([N+](=O)[O-])c2)S1. The van der Waals surface area contributed by atoms with Gasteiger partial charge in [-0.1, -0.05) is 29.4 Å². The molecule has 9 heteroatoms. The van der Waals surface area contributed by atoms with E-state index < -0.39 is 16.1 Å². The van der Waals surface area contributed by atoms with Gasteiger partial charge in [0.05, 0.1) is 14.7 Å². The monoisotopic (exact) mass is 392 g/mol. The van der Waals surface area contributed by atoms with Gasteiger partial charge in [-0.2, -0.15) is 0 Å². The molecular formula is C16H9ClN2O4S2.